The summed E-state index contributed by atoms with van der Waals surface area (Å²) in [4.78, 5) is 30.9. The summed E-state index contributed by atoms with van der Waals surface area (Å²) in [6, 6.07) is -0.684. The van der Waals surface area contributed by atoms with Gasteiger partial charge in [0.25, 0.3) is 0 Å². The molecular weight excluding hydrogens is 478 g/mol. The van der Waals surface area contributed by atoms with Crippen LogP contribution in [0.15, 0.2) is 0 Å². The Morgan fingerprint density at radius 1 is 0.781 bits per heavy atom. The third-order valence-electron chi connectivity index (χ3n) is 5.86. The molecule has 4 N–H and O–H groups in total. The fraction of sp³-hybridized carbons (Fsp3) is 0.875. The molecule has 0 saturated carbocycles. The van der Waals surface area contributed by atoms with Crippen LogP contribution in [0.25, 0.3) is 0 Å². The van der Waals surface area contributed by atoms with Gasteiger partial charge in [0.1, 0.15) is 10.9 Å². The van der Waals surface area contributed by atoms with Crippen LogP contribution in [0.2, 0.25) is 0 Å². The lowest BCUT2D eigenvalue weighted by Crippen LogP contribution is -2.29. The highest BCUT2D eigenvalue weighted by Gasteiger charge is 2.33. The van der Waals surface area contributed by atoms with Crippen molar-refractivity contribution in [3.05, 3.63) is 0 Å². The number of hydrogen-bond donors (Lipinski definition) is 4. The molecule has 0 radical (unpaired) electrons. The van der Waals surface area contributed by atoms with E-state index in [4.69, 9.17) is 15.3 Å². The predicted octanol–water partition coefficient (Wildman–Crippen LogP) is 5.84. The Morgan fingerprint density at radius 2 is 1.22 bits per heavy atom. The van der Waals surface area contributed by atoms with Crippen LogP contribution < -0.4 is 5.32 Å². The van der Waals surface area contributed by atoms with E-state index in [0.29, 0.717) is 0 Å². The summed E-state index contributed by atoms with van der Waals surface area (Å²) in [5, 5.41) is 28.3. The normalized spacial score (nSPS) is 18.6. The SMILES string of the molecule is CCCCCCCCCCCCCCCCC(Br)C(=O)O.O=C(O)[C@H]1CN[C@H](C(=O)O)C1. The van der Waals surface area contributed by atoms with Crippen LogP contribution in [0, 0.1) is 5.92 Å². The molecule has 0 aromatic carbocycles. The van der Waals surface area contributed by atoms with E-state index in [1.54, 1.807) is 0 Å². The monoisotopic (exact) mass is 521 g/mol. The Kier molecular flexibility index (Phi) is 19.7. The van der Waals surface area contributed by atoms with E-state index in [-0.39, 0.29) is 17.8 Å². The molecule has 1 saturated heterocycles. The number of rotatable bonds is 18. The number of alkyl halides is 1. The summed E-state index contributed by atoms with van der Waals surface area (Å²) >= 11 is 3.18. The molecule has 0 bridgehead atoms. The third-order valence-corrected chi connectivity index (χ3v) is 6.71. The molecular formula is C24H44BrNO6. The molecule has 1 rings (SSSR count). The number of aliphatic carboxylic acids is 3. The van der Waals surface area contributed by atoms with Crippen LogP contribution in [-0.4, -0.2) is 50.6 Å². The zero-order valence-corrected chi connectivity index (χ0v) is 21.3. The number of nitrogens with one attached hydrogen (secondary N) is 1. The maximum absolute atomic E-state index is 10.6. The maximum atomic E-state index is 10.6. The van der Waals surface area contributed by atoms with Gasteiger partial charge < -0.3 is 20.6 Å². The van der Waals surface area contributed by atoms with Crippen LogP contribution in [0.5, 0.6) is 0 Å². The van der Waals surface area contributed by atoms with Gasteiger partial charge in [-0.25, -0.2) is 0 Å². The molecule has 1 aliphatic rings. The smallest absolute Gasteiger partial charge is 0.320 e. The van der Waals surface area contributed by atoms with Gasteiger partial charge in [0.2, 0.25) is 0 Å². The van der Waals surface area contributed by atoms with Crippen LogP contribution in [-0.2, 0) is 14.4 Å². The lowest BCUT2D eigenvalue weighted by atomic mass is 10.0. The van der Waals surface area contributed by atoms with Gasteiger partial charge in [0, 0.05) is 6.54 Å². The highest BCUT2D eigenvalue weighted by atomic mass is 79.9. The fourth-order valence-electron chi connectivity index (χ4n) is 3.75. The number of carboxylic acids is 3. The standard InChI is InChI=1S/C18H35BrO2.C6H9NO4/c1-2-3-4-5-6-7-8-9-10-11-12-13-14-15-16-17(19)18(20)21;8-5(9)3-1-4(6(10)11)7-2-3/h17H,2-16H2,1H3,(H,20,21);3-4,7H,1-2H2,(H,8,9)(H,10,11)/t;3-,4+/m.1/s1. The van der Waals surface area contributed by atoms with Gasteiger partial charge in [-0.2, -0.15) is 0 Å². The van der Waals surface area contributed by atoms with E-state index in [1.807, 2.05) is 0 Å². The Hall–Kier alpha value is -1.15. The van der Waals surface area contributed by atoms with Gasteiger partial charge in [-0.05, 0) is 12.8 Å². The first-order valence-corrected chi connectivity index (χ1v) is 13.3. The van der Waals surface area contributed by atoms with Crippen LogP contribution >= 0.6 is 15.9 Å². The van der Waals surface area contributed by atoms with Crippen molar-refractivity contribution in [3.8, 4) is 0 Å². The quantitative estimate of drug-likeness (QED) is 0.132. The topological polar surface area (TPSA) is 124 Å². The second-order valence-corrected chi connectivity index (χ2v) is 9.87. The first kappa shape index (κ1) is 30.9. The Morgan fingerprint density at radius 3 is 1.53 bits per heavy atom. The molecule has 0 aliphatic carbocycles. The molecule has 1 heterocycles. The minimum atomic E-state index is -0.978. The molecule has 0 aromatic heterocycles. The second-order valence-electron chi connectivity index (χ2n) is 8.76. The number of halogens is 1. The lowest BCUT2D eigenvalue weighted by Gasteiger charge is -2.05. The second kappa shape index (κ2) is 20.5. The summed E-state index contributed by atoms with van der Waals surface area (Å²) in [5.74, 6) is -3.18. The Balaban J connectivity index is 0.000000726. The lowest BCUT2D eigenvalue weighted by molar-refractivity contribution is -0.141. The van der Waals surface area contributed by atoms with Gasteiger partial charge in [0.15, 0.2) is 0 Å². The van der Waals surface area contributed by atoms with E-state index >= 15 is 0 Å². The van der Waals surface area contributed by atoms with Crippen LogP contribution in [0.1, 0.15) is 110 Å². The summed E-state index contributed by atoms with van der Waals surface area (Å²) < 4.78 is 0. The van der Waals surface area contributed by atoms with E-state index in [0.717, 1.165) is 12.8 Å². The van der Waals surface area contributed by atoms with Crippen molar-refractivity contribution in [2.75, 3.05) is 6.54 Å². The van der Waals surface area contributed by atoms with Gasteiger partial charge in [-0.15, -0.1) is 0 Å². The molecule has 1 unspecified atom stereocenters. The van der Waals surface area contributed by atoms with E-state index in [2.05, 4.69) is 28.2 Å². The highest BCUT2D eigenvalue weighted by molar-refractivity contribution is 9.10. The zero-order chi connectivity index (χ0) is 24.2. The van der Waals surface area contributed by atoms with Crippen molar-refractivity contribution in [1.82, 2.24) is 5.32 Å². The van der Waals surface area contributed by atoms with Gasteiger partial charge in [-0.1, -0.05) is 113 Å². The molecule has 3 atom stereocenters. The highest BCUT2D eigenvalue weighted by Crippen LogP contribution is 2.16. The van der Waals surface area contributed by atoms with Crippen molar-refractivity contribution in [2.24, 2.45) is 5.92 Å². The minimum absolute atomic E-state index is 0.185. The molecule has 32 heavy (non-hydrogen) atoms. The minimum Gasteiger partial charge on any atom is -0.481 e. The van der Waals surface area contributed by atoms with Gasteiger partial charge in [-0.3, -0.25) is 14.4 Å². The number of carbonyl (C=O) groups is 3. The first-order valence-electron chi connectivity index (χ1n) is 12.3. The summed E-state index contributed by atoms with van der Waals surface area (Å²) in [7, 11) is 0. The third kappa shape index (κ3) is 17.4. The van der Waals surface area contributed by atoms with Crippen LogP contribution in [0.3, 0.4) is 0 Å². The van der Waals surface area contributed by atoms with Crippen molar-refractivity contribution < 1.29 is 29.7 Å². The zero-order valence-electron chi connectivity index (χ0n) is 19.7. The van der Waals surface area contributed by atoms with E-state index < -0.39 is 29.9 Å². The largest absolute Gasteiger partial charge is 0.481 e. The number of unbranched alkanes of at least 4 members (excludes halogenated alkanes) is 13. The molecule has 1 fully saturated rings. The van der Waals surface area contributed by atoms with Crippen molar-refractivity contribution >= 4 is 33.8 Å². The van der Waals surface area contributed by atoms with Crippen molar-refractivity contribution in [1.29, 1.82) is 0 Å². The summed E-state index contributed by atoms with van der Waals surface area (Å²) in [6.45, 7) is 2.52. The molecule has 0 amide bonds. The van der Waals surface area contributed by atoms with Crippen molar-refractivity contribution in [3.63, 3.8) is 0 Å². The van der Waals surface area contributed by atoms with E-state index in [1.165, 1.54) is 83.5 Å². The molecule has 0 aromatic rings. The van der Waals surface area contributed by atoms with E-state index in [9.17, 15) is 14.4 Å². The number of hydrogen-bond acceptors (Lipinski definition) is 4. The molecule has 8 heteroatoms. The molecule has 0 spiro atoms. The average molecular weight is 523 g/mol. The van der Waals surface area contributed by atoms with Crippen molar-refractivity contribution in [2.45, 2.75) is 121 Å². The predicted molar refractivity (Wildman–Crippen MR) is 130 cm³/mol. The average Bonchev–Trinajstić information content (AvgIpc) is 3.25. The van der Waals surface area contributed by atoms with Gasteiger partial charge in [0.05, 0.1) is 5.92 Å². The van der Waals surface area contributed by atoms with Gasteiger partial charge >= 0.3 is 17.9 Å². The Labute approximate surface area is 201 Å². The van der Waals surface area contributed by atoms with Crippen LogP contribution in [0.4, 0.5) is 0 Å². The summed E-state index contributed by atoms with van der Waals surface area (Å²) in [6.07, 6.45) is 19.7. The molecule has 1 aliphatic heterocycles. The molecule has 188 valence electrons. The Bertz CT molecular complexity index is 497. The summed E-state index contributed by atoms with van der Waals surface area (Å²) in [5.41, 5.74) is 0. The maximum Gasteiger partial charge on any atom is 0.320 e. The first-order chi connectivity index (χ1) is 15.3. The number of carboxylic acid groups (broad SMARTS) is 3. The molecule has 7 nitrogen and oxygen atoms in total. The fourth-order valence-corrected chi connectivity index (χ4v) is 4.08.